The van der Waals surface area contributed by atoms with E-state index < -0.39 is 44.2 Å². The fourth-order valence-electron chi connectivity index (χ4n) is 5.14. The first kappa shape index (κ1) is 29.8. The molecule has 2 aliphatic carbocycles. The van der Waals surface area contributed by atoms with Gasteiger partial charge in [0.2, 0.25) is 0 Å². The fourth-order valence-corrected chi connectivity index (χ4v) is 7.83. The predicted molar refractivity (Wildman–Crippen MR) is 133 cm³/mol. The molecule has 2 unspecified atom stereocenters. The van der Waals surface area contributed by atoms with Gasteiger partial charge in [0.1, 0.15) is 12.0 Å². The number of carbonyl (C=O) groups is 1. The molecule has 0 aliphatic heterocycles. The monoisotopic (exact) mass is 612 g/mol. The zero-order valence-electron chi connectivity index (χ0n) is 20.2. The van der Waals surface area contributed by atoms with E-state index in [1.54, 1.807) is 0 Å². The number of rotatable bonds is 10. The molecule has 37 heavy (non-hydrogen) atoms. The van der Waals surface area contributed by atoms with Crippen molar-refractivity contribution < 1.29 is 39.9 Å². The smallest absolute Gasteiger partial charge is 0.416 e. The number of ether oxygens (including phenoxy) is 1. The number of alkyl halides is 5. The molecule has 0 bridgehead atoms. The van der Waals surface area contributed by atoms with Crippen molar-refractivity contribution in [3.8, 4) is 0 Å². The van der Waals surface area contributed by atoms with E-state index in [0.29, 0.717) is 38.0 Å². The van der Waals surface area contributed by atoms with Crippen molar-refractivity contribution in [2.75, 3.05) is 11.9 Å². The number of unbranched alkanes of at least 4 members (excludes halogenated alkanes) is 1. The molecule has 2 aliphatic rings. The van der Waals surface area contributed by atoms with Crippen molar-refractivity contribution in [1.82, 2.24) is 0 Å². The molecular formula is C26H30BrF5O4S. The van der Waals surface area contributed by atoms with Gasteiger partial charge in [0, 0.05) is 17.7 Å². The third-order valence-corrected chi connectivity index (χ3v) is 10.5. The summed E-state index contributed by atoms with van der Waals surface area (Å²) in [4.78, 5) is 11.7. The lowest BCUT2D eigenvalue weighted by atomic mass is 9.71. The molecule has 0 heterocycles. The topological polar surface area (TPSA) is 60.4 Å². The summed E-state index contributed by atoms with van der Waals surface area (Å²) in [5.41, 5.74) is -1.00. The Hall–Kier alpha value is -1.75. The van der Waals surface area contributed by atoms with Gasteiger partial charge in [-0.2, -0.15) is 13.2 Å². The molecule has 1 aromatic rings. The highest BCUT2D eigenvalue weighted by Gasteiger charge is 2.54. The number of esters is 1. The molecule has 0 aromatic heterocycles. The SMILES string of the molecule is O=C(CC[C@H]1CC[C@@](C2C=C(F)C=CC2F)(S(=O)(=O)c2ccc(C(F)(F)F)cc2)CC1)OCCCCBr. The predicted octanol–water partition coefficient (Wildman–Crippen LogP) is 7.28. The first-order chi connectivity index (χ1) is 17.4. The maximum Gasteiger partial charge on any atom is 0.416 e. The van der Waals surface area contributed by atoms with Crippen LogP contribution in [0, 0.1) is 11.8 Å². The molecule has 1 aromatic carbocycles. The third-order valence-electron chi connectivity index (χ3n) is 7.26. The van der Waals surface area contributed by atoms with Gasteiger partial charge >= 0.3 is 12.1 Å². The Bertz CT molecular complexity index is 1090. The number of allylic oxidation sites excluding steroid dienone is 4. The number of hydrogen-bond donors (Lipinski definition) is 0. The Morgan fingerprint density at radius 2 is 1.76 bits per heavy atom. The molecule has 0 amide bonds. The second kappa shape index (κ2) is 12.4. The van der Waals surface area contributed by atoms with Crippen molar-refractivity contribution >= 4 is 31.7 Å². The maximum absolute atomic E-state index is 15.1. The molecule has 11 heteroatoms. The molecular weight excluding hydrogens is 583 g/mol. The highest BCUT2D eigenvalue weighted by atomic mass is 79.9. The van der Waals surface area contributed by atoms with Crippen LogP contribution in [-0.2, 0) is 25.5 Å². The van der Waals surface area contributed by atoms with Crippen molar-refractivity contribution in [2.24, 2.45) is 11.8 Å². The Balaban J connectivity index is 1.80. The van der Waals surface area contributed by atoms with Crippen molar-refractivity contribution in [3.63, 3.8) is 0 Å². The molecule has 0 saturated heterocycles. The van der Waals surface area contributed by atoms with Crippen LogP contribution in [0.25, 0.3) is 0 Å². The van der Waals surface area contributed by atoms with Crippen LogP contribution in [0.4, 0.5) is 22.0 Å². The second-order valence-electron chi connectivity index (χ2n) is 9.57. The van der Waals surface area contributed by atoms with E-state index in [9.17, 15) is 30.8 Å². The van der Waals surface area contributed by atoms with Crippen LogP contribution < -0.4 is 0 Å². The minimum absolute atomic E-state index is 0.00989. The van der Waals surface area contributed by atoms with Crippen LogP contribution >= 0.6 is 15.9 Å². The van der Waals surface area contributed by atoms with E-state index in [4.69, 9.17) is 4.74 Å². The van der Waals surface area contributed by atoms with Gasteiger partial charge in [-0.15, -0.1) is 0 Å². The summed E-state index contributed by atoms with van der Waals surface area (Å²) in [5, 5.41) is 0.819. The first-order valence-corrected chi connectivity index (χ1v) is 14.8. The molecule has 0 N–H and O–H groups in total. The van der Waals surface area contributed by atoms with Crippen LogP contribution in [0.1, 0.15) is 56.9 Å². The van der Waals surface area contributed by atoms with Crippen LogP contribution in [0.2, 0.25) is 0 Å². The van der Waals surface area contributed by atoms with Gasteiger partial charge in [-0.3, -0.25) is 4.79 Å². The van der Waals surface area contributed by atoms with E-state index in [-0.39, 0.29) is 36.0 Å². The Morgan fingerprint density at radius 1 is 1.11 bits per heavy atom. The maximum atomic E-state index is 15.1. The van der Waals surface area contributed by atoms with Crippen molar-refractivity contribution in [1.29, 1.82) is 0 Å². The molecule has 3 rings (SSSR count). The molecule has 2 atom stereocenters. The minimum atomic E-state index is -4.64. The number of hydrogen-bond acceptors (Lipinski definition) is 4. The normalized spacial score (nSPS) is 26.5. The molecule has 0 spiro atoms. The molecule has 206 valence electrons. The zero-order valence-corrected chi connectivity index (χ0v) is 22.6. The Kier molecular flexibility index (Phi) is 9.99. The fraction of sp³-hybridized carbons (Fsp3) is 0.577. The van der Waals surface area contributed by atoms with E-state index in [1.165, 1.54) is 0 Å². The molecule has 1 saturated carbocycles. The van der Waals surface area contributed by atoms with Gasteiger partial charge in [0.05, 0.1) is 21.8 Å². The lowest BCUT2D eigenvalue weighted by Gasteiger charge is -2.45. The first-order valence-electron chi connectivity index (χ1n) is 12.2. The van der Waals surface area contributed by atoms with E-state index in [2.05, 4.69) is 15.9 Å². The summed E-state index contributed by atoms with van der Waals surface area (Å²) < 4.78 is 99.5. The van der Waals surface area contributed by atoms with Crippen molar-refractivity contribution in [2.45, 2.75) is 73.4 Å². The van der Waals surface area contributed by atoms with E-state index in [1.807, 2.05) is 0 Å². The molecule has 0 radical (unpaired) electrons. The van der Waals surface area contributed by atoms with Gasteiger partial charge in [-0.1, -0.05) is 15.9 Å². The molecule has 4 nitrogen and oxygen atoms in total. The highest BCUT2D eigenvalue weighted by Crippen LogP contribution is 2.50. The van der Waals surface area contributed by atoms with Gasteiger partial charge in [0.15, 0.2) is 9.84 Å². The standard InChI is InChI=1S/C26H30BrF5O4S/c27-15-1-2-16-36-24(33)10-3-18-11-13-25(14-12-18,22-17-20(28)6-9-23(22)29)37(34,35)21-7-4-19(5-8-21)26(30,31)32/h4-9,17-18,22-23H,1-3,10-16H2/t18-,22?,23?,25+. The summed E-state index contributed by atoms with van der Waals surface area (Å²) in [6, 6.07) is 3.12. The van der Waals surface area contributed by atoms with Gasteiger partial charge in [-0.05, 0) is 93.4 Å². The molecule has 1 fully saturated rings. The summed E-state index contributed by atoms with van der Waals surface area (Å²) in [7, 11) is -4.36. The number of halogens is 6. The summed E-state index contributed by atoms with van der Waals surface area (Å²) in [5.74, 6) is -2.44. The van der Waals surface area contributed by atoms with Crippen LogP contribution in [-0.4, -0.2) is 37.2 Å². The zero-order chi connectivity index (χ0) is 27.3. The quantitative estimate of drug-likeness (QED) is 0.120. The van der Waals surface area contributed by atoms with Crippen LogP contribution in [0.5, 0.6) is 0 Å². The Labute approximate surface area is 222 Å². The minimum Gasteiger partial charge on any atom is -0.466 e. The highest BCUT2D eigenvalue weighted by molar-refractivity contribution is 9.09. The summed E-state index contributed by atoms with van der Waals surface area (Å²) >= 11 is 3.30. The van der Waals surface area contributed by atoms with E-state index in [0.717, 1.165) is 48.5 Å². The average Bonchev–Trinajstić information content (AvgIpc) is 2.86. The van der Waals surface area contributed by atoms with Gasteiger partial charge in [0.25, 0.3) is 0 Å². The lowest BCUT2D eigenvalue weighted by molar-refractivity contribution is -0.144. The Morgan fingerprint density at radius 3 is 2.35 bits per heavy atom. The summed E-state index contributed by atoms with van der Waals surface area (Å²) in [6.45, 7) is 0.328. The number of carbonyl (C=O) groups excluding carboxylic acids is 1. The average molecular weight is 613 g/mol. The van der Waals surface area contributed by atoms with Gasteiger partial charge < -0.3 is 4.74 Å². The largest absolute Gasteiger partial charge is 0.466 e. The van der Waals surface area contributed by atoms with Crippen LogP contribution in [0.15, 0.2) is 53.2 Å². The lowest BCUT2D eigenvalue weighted by Crippen LogP contribution is -2.51. The summed E-state index contributed by atoms with van der Waals surface area (Å²) in [6.07, 6.45) is -0.584. The van der Waals surface area contributed by atoms with Crippen molar-refractivity contribution in [3.05, 3.63) is 53.9 Å². The number of benzene rings is 1. The third kappa shape index (κ3) is 7.02. The van der Waals surface area contributed by atoms with Crippen LogP contribution in [0.3, 0.4) is 0 Å². The van der Waals surface area contributed by atoms with E-state index >= 15 is 4.39 Å². The number of sulfone groups is 1. The van der Waals surface area contributed by atoms with Gasteiger partial charge in [-0.25, -0.2) is 17.2 Å². The second-order valence-corrected chi connectivity index (χ2v) is 12.7.